The lowest BCUT2D eigenvalue weighted by Gasteiger charge is -2.19. The second-order valence-corrected chi connectivity index (χ2v) is 4.23. The Bertz CT molecular complexity index is 365. The molecular weight excluding hydrogens is 233 g/mol. The second kappa shape index (κ2) is 7.34. The van der Waals surface area contributed by atoms with Crippen LogP contribution >= 0.6 is 0 Å². The van der Waals surface area contributed by atoms with Crippen LogP contribution in [-0.2, 0) is 0 Å². The predicted octanol–water partition coefficient (Wildman–Crippen LogP) is 2.60. The number of hydrogen-bond donors (Lipinski definition) is 1. The van der Waals surface area contributed by atoms with Gasteiger partial charge in [-0.3, -0.25) is 0 Å². The number of rotatable bonds is 7. The van der Waals surface area contributed by atoms with E-state index in [9.17, 15) is 9.50 Å². The first-order valence-electron chi connectivity index (χ1n) is 6.41. The zero-order chi connectivity index (χ0) is 13.5. The Morgan fingerprint density at radius 2 is 2.00 bits per heavy atom. The van der Waals surface area contributed by atoms with Gasteiger partial charge in [-0.05, 0) is 38.2 Å². The average molecular weight is 255 g/mol. The molecule has 1 aromatic carbocycles. The van der Waals surface area contributed by atoms with Crippen LogP contribution in [0.4, 0.5) is 4.39 Å². The van der Waals surface area contributed by atoms with Gasteiger partial charge in [0.25, 0.3) is 0 Å². The molecule has 0 fully saturated rings. The molecule has 0 aromatic heterocycles. The Kier molecular flexibility index (Phi) is 6.09. The quantitative estimate of drug-likeness (QED) is 0.813. The first-order valence-corrected chi connectivity index (χ1v) is 6.41. The summed E-state index contributed by atoms with van der Waals surface area (Å²) in [6.45, 7) is 9.12. The van der Waals surface area contributed by atoms with Gasteiger partial charge >= 0.3 is 0 Å². The number of aliphatic hydroxyl groups excluding tert-OH is 1. The van der Waals surface area contributed by atoms with Gasteiger partial charge in [0.2, 0.25) is 0 Å². The van der Waals surface area contributed by atoms with Crippen LogP contribution in [0.1, 0.15) is 32.4 Å². The molecule has 0 heterocycles. The van der Waals surface area contributed by atoms with Crippen molar-refractivity contribution < 1.29 is 14.2 Å². The van der Waals surface area contributed by atoms with Crippen molar-refractivity contribution in [1.29, 1.82) is 0 Å². The number of benzene rings is 1. The van der Waals surface area contributed by atoms with Crippen LogP contribution in [0.15, 0.2) is 18.2 Å². The summed E-state index contributed by atoms with van der Waals surface area (Å²) < 4.78 is 18.7. The molecule has 3 nitrogen and oxygen atoms in total. The van der Waals surface area contributed by atoms with Gasteiger partial charge in [0.15, 0.2) is 0 Å². The lowest BCUT2D eigenvalue weighted by Crippen LogP contribution is -2.28. The molecule has 0 amide bonds. The van der Waals surface area contributed by atoms with Gasteiger partial charge < -0.3 is 14.7 Å². The topological polar surface area (TPSA) is 32.7 Å². The van der Waals surface area contributed by atoms with Crippen LogP contribution in [0, 0.1) is 5.82 Å². The van der Waals surface area contributed by atoms with E-state index in [4.69, 9.17) is 4.74 Å². The van der Waals surface area contributed by atoms with Crippen molar-refractivity contribution in [2.75, 3.05) is 26.2 Å². The van der Waals surface area contributed by atoms with E-state index >= 15 is 0 Å². The highest BCUT2D eigenvalue weighted by atomic mass is 19.1. The summed E-state index contributed by atoms with van der Waals surface area (Å²) in [4.78, 5) is 2.24. The predicted molar refractivity (Wildman–Crippen MR) is 70.3 cm³/mol. The van der Waals surface area contributed by atoms with E-state index in [1.54, 1.807) is 13.0 Å². The van der Waals surface area contributed by atoms with Gasteiger partial charge in [0.05, 0.1) is 6.10 Å². The minimum atomic E-state index is -0.732. The number of hydrogen-bond acceptors (Lipinski definition) is 3. The molecule has 0 bridgehead atoms. The molecule has 0 saturated heterocycles. The molecular formula is C14H22FNO2. The average Bonchev–Trinajstić information content (AvgIpc) is 2.36. The first kappa shape index (κ1) is 14.9. The maximum atomic E-state index is 13.1. The smallest absolute Gasteiger partial charge is 0.125 e. The summed E-state index contributed by atoms with van der Waals surface area (Å²) in [5.74, 6) is 0.195. The normalized spacial score (nSPS) is 12.8. The maximum absolute atomic E-state index is 13.1. The number of halogens is 1. The van der Waals surface area contributed by atoms with E-state index in [1.807, 2.05) is 0 Å². The zero-order valence-electron chi connectivity index (χ0n) is 11.3. The minimum absolute atomic E-state index is 0.359. The van der Waals surface area contributed by atoms with E-state index in [-0.39, 0.29) is 5.82 Å². The fraction of sp³-hybridized carbons (Fsp3) is 0.571. The summed E-state index contributed by atoms with van der Waals surface area (Å²) in [5.41, 5.74) is 0.495. The van der Waals surface area contributed by atoms with Gasteiger partial charge in [0, 0.05) is 12.1 Å². The Labute approximate surface area is 108 Å². The van der Waals surface area contributed by atoms with Crippen LogP contribution in [0.5, 0.6) is 5.75 Å². The zero-order valence-corrected chi connectivity index (χ0v) is 11.3. The van der Waals surface area contributed by atoms with Crippen LogP contribution in [0.25, 0.3) is 0 Å². The SMILES string of the molecule is CCN(CC)CCOc1ccc(F)cc1[C@H](C)O. The molecule has 1 N–H and O–H groups in total. The molecule has 0 spiro atoms. The third-order valence-corrected chi connectivity index (χ3v) is 2.98. The fourth-order valence-corrected chi connectivity index (χ4v) is 1.80. The standard InChI is InChI=1S/C14H22FNO2/c1-4-16(5-2)8-9-18-14-7-6-12(15)10-13(14)11(3)17/h6-7,10-11,17H,4-5,8-9H2,1-3H3/t11-/m0/s1. The molecule has 0 aliphatic carbocycles. The van der Waals surface area contributed by atoms with Crippen molar-refractivity contribution in [3.05, 3.63) is 29.6 Å². The van der Waals surface area contributed by atoms with Crippen molar-refractivity contribution in [3.8, 4) is 5.75 Å². The van der Waals surface area contributed by atoms with Crippen LogP contribution in [0.2, 0.25) is 0 Å². The van der Waals surface area contributed by atoms with Crippen LogP contribution in [0.3, 0.4) is 0 Å². The molecule has 0 unspecified atom stereocenters. The maximum Gasteiger partial charge on any atom is 0.125 e. The lowest BCUT2D eigenvalue weighted by atomic mass is 10.1. The minimum Gasteiger partial charge on any atom is -0.492 e. The number of aliphatic hydroxyl groups is 1. The molecule has 1 atom stereocenters. The number of nitrogens with zero attached hydrogens (tertiary/aromatic N) is 1. The third-order valence-electron chi connectivity index (χ3n) is 2.98. The summed E-state index contributed by atoms with van der Waals surface area (Å²) in [6, 6.07) is 4.23. The molecule has 0 saturated carbocycles. The van der Waals surface area contributed by atoms with Gasteiger partial charge in [-0.1, -0.05) is 13.8 Å². The van der Waals surface area contributed by atoms with Crippen molar-refractivity contribution in [1.82, 2.24) is 4.90 Å². The molecule has 102 valence electrons. The first-order chi connectivity index (χ1) is 8.58. The van der Waals surface area contributed by atoms with E-state index < -0.39 is 6.10 Å². The Hall–Kier alpha value is -1.13. The molecule has 1 aromatic rings. The molecule has 0 radical (unpaired) electrons. The van der Waals surface area contributed by atoms with Gasteiger partial charge in [-0.25, -0.2) is 4.39 Å². The highest BCUT2D eigenvalue weighted by Crippen LogP contribution is 2.25. The Morgan fingerprint density at radius 1 is 1.33 bits per heavy atom. The number of ether oxygens (including phenoxy) is 1. The monoisotopic (exact) mass is 255 g/mol. The summed E-state index contributed by atoms with van der Waals surface area (Å²) in [5, 5.41) is 9.57. The Balaban J connectivity index is 2.61. The van der Waals surface area contributed by atoms with Crippen LogP contribution < -0.4 is 4.74 Å². The van der Waals surface area contributed by atoms with E-state index in [1.165, 1.54) is 12.1 Å². The lowest BCUT2D eigenvalue weighted by molar-refractivity contribution is 0.184. The molecule has 1 rings (SSSR count). The van der Waals surface area contributed by atoms with Crippen LogP contribution in [-0.4, -0.2) is 36.2 Å². The third kappa shape index (κ3) is 4.27. The highest BCUT2D eigenvalue weighted by Gasteiger charge is 2.10. The molecule has 4 heteroatoms. The van der Waals surface area contributed by atoms with E-state index in [0.717, 1.165) is 19.6 Å². The molecule has 18 heavy (non-hydrogen) atoms. The number of likely N-dealkylation sites (N-methyl/N-ethyl adjacent to an activating group) is 1. The van der Waals surface area contributed by atoms with Gasteiger partial charge in [-0.15, -0.1) is 0 Å². The van der Waals surface area contributed by atoms with E-state index in [2.05, 4.69) is 18.7 Å². The largest absolute Gasteiger partial charge is 0.492 e. The van der Waals surface area contributed by atoms with Crippen molar-refractivity contribution >= 4 is 0 Å². The molecule has 0 aliphatic rings. The van der Waals surface area contributed by atoms with Gasteiger partial charge in [-0.2, -0.15) is 0 Å². The van der Waals surface area contributed by atoms with Gasteiger partial charge in [0.1, 0.15) is 18.2 Å². The summed E-state index contributed by atoms with van der Waals surface area (Å²) in [6.07, 6.45) is -0.732. The molecule has 0 aliphatic heterocycles. The summed E-state index contributed by atoms with van der Waals surface area (Å²) >= 11 is 0. The summed E-state index contributed by atoms with van der Waals surface area (Å²) in [7, 11) is 0. The fourth-order valence-electron chi connectivity index (χ4n) is 1.80. The van der Waals surface area contributed by atoms with Crippen molar-refractivity contribution in [3.63, 3.8) is 0 Å². The van der Waals surface area contributed by atoms with Crippen molar-refractivity contribution in [2.45, 2.75) is 26.9 Å². The highest BCUT2D eigenvalue weighted by molar-refractivity contribution is 5.35. The Morgan fingerprint density at radius 3 is 2.56 bits per heavy atom. The van der Waals surface area contributed by atoms with E-state index in [0.29, 0.717) is 17.9 Å². The second-order valence-electron chi connectivity index (χ2n) is 4.23. The van der Waals surface area contributed by atoms with Crippen molar-refractivity contribution in [2.24, 2.45) is 0 Å².